The van der Waals surface area contributed by atoms with E-state index in [0.717, 1.165) is 24.9 Å². The number of nitrogens with zero attached hydrogens (tertiary/aromatic N) is 2. The summed E-state index contributed by atoms with van der Waals surface area (Å²) >= 11 is 0. The molecule has 112 valence electrons. The summed E-state index contributed by atoms with van der Waals surface area (Å²) < 4.78 is 5.19. The van der Waals surface area contributed by atoms with Crippen molar-refractivity contribution >= 4 is 5.91 Å². The summed E-state index contributed by atoms with van der Waals surface area (Å²) in [7, 11) is 1.69. The highest BCUT2D eigenvalue weighted by molar-refractivity contribution is 5.81. The molecule has 1 aromatic carbocycles. The molecule has 1 aromatic rings. The van der Waals surface area contributed by atoms with Crippen LogP contribution in [0.4, 0.5) is 0 Å². The van der Waals surface area contributed by atoms with Crippen molar-refractivity contribution in [2.75, 3.05) is 26.8 Å². The number of carbonyl (C=O) groups is 1. The van der Waals surface area contributed by atoms with Gasteiger partial charge in [0.2, 0.25) is 5.91 Å². The van der Waals surface area contributed by atoms with Crippen LogP contribution in [0.25, 0.3) is 0 Å². The number of nitriles is 1. The minimum atomic E-state index is -0.589. The Kier molecular flexibility index (Phi) is 5.77. The SMILES string of the molecule is COCC1CCCN(C(=O)C(C#N)Cc2ccccc2)C1. The van der Waals surface area contributed by atoms with Crippen molar-refractivity contribution in [3.8, 4) is 6.07 Å². The molecule has 21 heavy (non-hydrogen) atoms. The Morgan fingerprint density at radius 1 is 1.48 bits per heavy atom. The fraction of sp³-hybridized carbons (Fsp3) is 0.529. The largest absolute Gasteiger partial charge is 0.384 e. The molecular weight excluding hydrogens is 264 g/mol. The summed E-state index contributed by atoms with van der Waals surface area (Å²) in [5.74, 6) is -0.236. The van der Waals surface area contributed by atoms with E-state index in [0.29, 0.717) is 25.5 Å². The average Bonchev–Trinajstić information content (AvgIpc) is 2.53. The molecule has 1 aliphatic rings. The molecule has 4 nitrogen and oxygen atoms in total. The van der Waals surface area contributed by atoms with Crippen molar-refractivity contribution in [2.45, 2.75) is 19.3 Å². The Hall–Kier alpha value is -1.86. The Balaban J connectivity index is 1.98. The van der Waals surface area contributed by atoms with Gasteiger partial charge in [-0.3, -0.25) is 4.79 Å². The molecular formula is C17H22N2O2. The smallest absolute Gasteiger partial charge is 0.240 e. The first-order valence-corrected chi connectivity index (χ1v) is 7.46. The molecule has 4 heteroatoms. The van der Waals surface area contributed by atoms with Crippen LogP contribution in [0, 0.1) is 23.2 Å². The molecule has 0 saturated carbocycles. The summed E-state index contributed by atoms with van der Waals surface area (Å²) in [5.41, 5.74) is 1.03. The molecule has 1 amide bonds. The molecule has 1 saturated heterocycles. The third-order valence-electron chi connectivity index (χ3n) is 3.97. The van der Waals surface area contributed by atoms with Crippen LogP contribution in [0.5, 0.6) is 0 Å². The van der Waals surface area contributed by atoms with Crippen molar-refractivity contribution in [3.05, 3.63) is 35.9 Å². The monoisotopic (exact) mass is 286 g/mol. The van der Waals surface area contributed by atoms with Gasteiger partial charge < -0.3 is 9.64 Å². The van der Waals surface area contributed by atoms with Gasteiger partial charge in [-0.2, -0.15) is 5.26 Å². The lowest BCUT2D eigenvalue weighted by atomic mass is 9.95. The number of hydrogen-bond donors (Lipinski definition) is 0. The van der Waals surface area contributed by atoms with E-state index >= 15 is 0 Å². The molecule has 0 radical (unpaired) electrons. The van der Waals surface area contributed by atoms with Crippen LogP contribution >= 0.6 is 0 Å². The van der Waals surface area contributed by atoms with Crippen LogP contribution in [0.2, 0.25) is 0 Å². The zero-order valence-electron chi connectivity index (χ0n) is 12.5. The molecule has 0 N–H and O–H groups in total. The molecule has 1 fully saturated rings. The Labute approximate surface area is 126 Å². The lowest BCUT2D eigenvalue weighted by Crippen LogP contribution is -2.44. The number of likely N-dealkylation sites (tertiary alicyclic amines) is 1. The average molecular weight is 286 g/mol. The maximum atomic E-state index is 12.5. The van der Waals surface area contributed by atoms with Gasteiger partial charge in [-0.1, -0.05) is 30.3 Å². The second-order valence-electron chi connectivity index (χ2n) is 5.62. The van der Waals surface area contributed by atoms with Crippen molar-refractivity contribution in [3.63, 3.8) is 0 Å². The zero-order valence-corrected chi connectivity index (χ0v) is 12.5. The maximum Gasteiger partial charge on any atom is 0.240 e. The first-order valence-electron chi connectivity index (χ1n) is 7.46. The number of benzene rings is 1. The van der Waals surface area contributed by atoms with E-state index in [-0.39, 0.29) is 5.91 Å². The van der Waals surface area contributed by atoms with Crippen molar-refractivity contribution in [1.82, 2.24) is 4.90 Å². The van der Waals surface area contributed by atoms with Crippen LogP contribution < -0.4 is 0 Å². The predicted octanol–water partition coefficient (Wildman–Crippen LogP) is 2.25. The maximum absolute atomic E-state index is 12.5. The number of amides is 1. The normalized spacial score (nSPS) is 19.8. The van der Waals surface area contributed by atoms with E-state index in [9.17, 15) is 10.1 Å². The summed E-state index contributed by atoms with van der Waals surface area (Å²) in [5, 5.41) is 9.34. The van der Waals surface area contributed by atoms with Gasteiger partial charge in [-0.25, -0.2) is 0 Å². The second-order valence-corrected chi connectivity index (χ2v) is 5.62. The van der Waals surface area contributed by atoms with E-state index in [1.807, 2.05) is 35.2 Å². The number of methoxy groups -OCH3 is 1. The number of piperidine rings is 1. The topological polar surface area (TPSA) is 53.3 Å². The standard InChI is InChI=1S/C17H22N2O2/c1-21-13-15-8-5-9-19(12-15)17(20)16(11-18)10-14-6-3-2-4-7-14/h2-4,6-7,15-16H,5,8-10,12-13H2,1H3. The minimum Gasteiger partial charge on any atom is -0.384 e. The highest BCUT2D eigenvalue weighted by Gasteiger charge is 2.29. The summed E-state index contributed by atoms with van der Waals surface area (Å²) in [6.45, 7) is 2.14. The van der Waals surface area contributed by atoms with E-state index < -0.39 is 5.92 Å². The summed E-state index contributed by atoms with van der Waals surface area (Å²) in [4.78, 5) is 14.4. The molecule has 2 unspecified atom stereocenters. The first kappa shape index (κ1) is 15.5. The Morgan fingerprint density at radius 3 is 2.90 bits per heavy atom. The lowest BCUT2D eigenvalue weighted by molar-refractivity contribution is -0.136. The van der Waals surface area contributed by atoms with Gasteiger partial charge in [0.15, 0.2) is 0 Å². The molecule has 1 heterocycles. The van der Waals surface area contributed by atoms with E-state index in [1.165, 1.54) is 0 Å². The van der Waals surface area contributed by atoms with Gasteiger partial charge in [0.05, 0.1) is 12.7 Å². The van der Waals surface area contributed by atoms with Crippen LogP contribution in [0.1, 0.15) is 18.4 Å². The number of ether oxygens (including phenoxy) is 1. The zero-order chi connectivity index (χ0) is 15.1. The van der Waals surface area contributed by atoms with Gasteiger partial charge in [0.25, 0.3) is 0 Å². The van der Waals surface area contributed by atoms with Crippen LogP contribution in [0.15, 0.2) is 30.3 Å². The quantitative estimate of drug-likeness (QED) is 0.834. The fourth-order valence-electron chi connectivity index (χ4n) is 2.90. The molecule has 0 aliphatic carbocycles. The van der Waals surface area contributed by atoms with Gasteiger partial charge in [0.1, 0.15) is 5.92 Å². The lowest BCUT2D eigenvalue weighted by Gasteiger charge is -2.33. The van der Waals surface area contributed by atoms with Gasteiger partial charge in [-0.05, 0) is 30.7 Å². The number of carbonyl (C=O) groups excluding carboxylic acids is 1. The molecule has 2 rings (SSSR count). The highest BCUT2D eigenvalue weighted by Crippen LogP contribution is 2.20. The molecule has 0 bridgehead atoms. The third kappa shape index (κ3) is 4.30. The van der Waals surface area contributed by atoms with Crippen LogP contribution in [0.3, 0.4) is 0 Å². The van der Waals surface area contributed by atoms with E-state index in [2.05, 4.69) is 6.07 Å². The number of rotatable bonds is 5. The molecule has 0 aromatic heterocycles. The molecule has 2 atom stereocenters. The Morgan fingerprint density at radius 2 is 2.24 bits per heavy atom. The predicted molar refractivity (Wildman–Crippen MR) is 80.4 cm³/mol. The van der Waals surface area contributed by atoms with Gasteiger partial charge in [-0.15, -0.1) is 0 Å². The second kappa shape index (κ2) is 7.80. The minimum absolute atomic E-state index is 0.0397. The van der Waals surface area contributed by atoms with Crippen LogP contribution in [-0.2, 0) is 16.0 Å². The van der Waals surface area contributed by atoms with Crippen molar-refractivity contribution in [1.29, 1.82) is 5.26 Å². The fourth-order valence-corrected chi connectivity index (χ4v) is 2.90. The Bertz CT molecular complexity index is 493. The highest BCUT2D eigenvalue weighted by atomic mass is 16.5. The van der Waals surface area contributed by atoms with Crippen molar-refractivity contribution in [2.24, 2.45) is 11.8 Å². The van der Waals surface area contributed by atoms with Gasteiger partial charge >= 0.3 is 0 Å². The molecule has 0 spiro atoms. The summed E-state index contributed by atoms with van der Waals surface area (Å²) in [6, 6.07) is 11.9. The summed E-state index contributed by atoms with van der Waals surface area (Å²) in [6.07, 6.45) is 2.57. The number of hydrogen-bond acceptors (Lipinski definition) is 3. The first-order chi connectivity index (χ1) is 10.2. The van der Waals surface area contributed by atoms with Crippen molar-refractivity contribution < 1.29 is 9.53 Å². The van der Waals surface area contributed by atoms with Crippen LogP contribution in [-0.4, -0.2) is 37.6 Å². The van der Waals surface area contributed by atoms with E-state index in [4.69, 9.17) is 4.74 Å². The third-order valence-corrected chi connectivity index (χ3v) is 3.97. The van der Waals surface area contributed by atoms with Gasteiger partial charge in [0, 0.05) is 20.2 Å². The molecule has 1 aliphatic heterocycles. The van der Waals surface area contributed by atoms with E-state index in [1.54, 1.807) is 7.11 Å².